The van der Waals surface area contributed by atoms with E-state index in [1.165, 1.54) is 0 Å². The molecule has 0 aliphatic carbocycles. The van der Waals surface area contributed by atoms with Crippen LogP contribution in [0.1, 0.15) is 37.0 Å². The molecule has 0 aromatic heterocycles. The van der Waals surface area contributed by atoms with Gasteiger partial charge in [-0.3, -0.25) is 9.59 Å². The number of benzene rings is 2. The van der Waals surface area contributed by atoms with Crippen LogP contribution in [0.25, 0.3) is 0 Å². The highest BCUT2D eigenvalue weighted by Gasteiger charge is 2.25. The molecule has 3 rings (SSSR count). The quantitative estimate of drug-likeness (QED) is 0.705. The minimum absolute atomic E-state index is 0.216. The molecule has 2 amide bonds. The van der Waals surface area contributed by atoms with Crippen LogP contribution in [0.4, 0.5) is 11.4 Å². The second kappa shape index (κ2) is 9.93. The van der Waals surface area contributed by atoms with E-state index < -0.39 is 6.10 Å². The van der Waals surface area contributed by atoms with Crippen molar-refractivity contribution in [3.8, 4) is 11.5 Å². The lowest BCUT2D eigenvalue weighted by molar-refractivity contribution is -0.124. The Hall–Kier alpha value is -3.06. The summed E-state index contributed by atoms with van der Waals surface area (Å²) in [5.74, 6) is 0.422. The number of anilines is 2. The summed E-state index contributed by atoms with van der Waals surface area (Å²) >= 11 is 0. The number of hydrogen-bond acceptors (Lipinski definition) is 5. The number of nitrogens with one attached hydrogen (secondary N) is 2. The van der Waals surface area contributed by atoms with Crippen molar-refractivity contribution < 1.29 is 23.8 Å². The lowest BCUT2D eigenvalue weighted by Gasteiger charge is -2.19. The van der Waals surface area contributed by atoms with Crippen molar-refractivity contribution in [3.63, 3.8) is 0 Å². The summed E-state index contributed by atoms with van der Waals surface area (Å²) in [6.07, 6.45) is 1.10. The predicted octanol–water partition coefficient (Wildman–Crippen LogP) is 3.85. The third-order valence-corrected chi connectivity index (χ3v) is 4.45. The molecule has 0 radical (unpaired) electrons. The van der Waals surface area contributed by atoms with E-state index in [4.69, 9.17) is 14.2 Å². The fraction of sp³-hybridized carbons (Fsp3) is 0.364. The molecular weight excluding hydrogens is 372 g/mol. The van der Waals surface area contributed by atoms with E-state index in [-0.39, 0.29) is 11.8 Å². The number of ether oxygens (including phenoxy) is 3. The number of carbonyl (C=O) groups is 2. The lowest BCUT2D eigenvalue weighted by Crippen LogP contribution is -2.27. The van der Waals surface area contributed by atoms with Gasteiger partial charge in [-0.05, 0) is 38.8 Å². The Labute approximate surface area is 170 Å². The molecular formula is C22H26N2O5. The van der Waals surface area contributed by atoms with E-state index in [1.807, 2.05) is 19.9 Å². The summed E-state index contributed by atoms with van der Waals surface area (Å²) in [5.41, 5.74) is 1.48. The van der Waals surface area contributed by atoms with E-state index in [1.54, 1.807) is 36.4 Å². The van der Waals surface area contributed by atoms with Crippen molar-refractivity contribution in [2.45, 2.75) is 32.8 Å². The van der Waals surface area contributed by atoms with Crippen LogP contribution in [0.2, 0.25) is 0 Å². The van der Waals surface area contributed by atoms with Crippen molar-refractivity contribution in [2.24, 2.45) is 0 Å². The first-order valence-corrected chi connectivity index (χ1v) is 9.84. The third-order valence-electron chi connectivity index (χ3n) is 4.45. The van der Waals surface area contributed by atoms with Gasteiger partial charge in [-0.25, -0.2) is 0 Å². The Kier molecular flexibility index (Phi) is 7.08. The first-order valence-electron chi connectivity index (χ1n) is 9.84. The highest BCUT2D eigenvalue weighted by molar-refractivity contribution is 6.05. The maximum Gasteiger partial charge on any atom is 0.255 e. The fourth-order valence-corrected chi connectivity index (χ4v) is 3.09. The SMILES string of the molecule is CCOc1cc(NC(=O)C2CCCO2)c(OCC)cc1NC(=O)c1ccccc1. The molecule has 1 aliphatic rings. The Balaban J connectivity index is 1.88. The third kappa shape index (κ3) is 5.26. The largest absolute Gasteiger partial charge is 0.492 e. The average Bonchev–Trinajstić information content (AvgIpc) is 3.27. The summed E-state index contributed by atoms with van der Waals surface area (Å²) in [6, 6.07) is 12.2. The Morgan fingerprint density at radius 2 is 1.62 bits per heavy atom. The van der Waals surface area contributed by atoms with Crippen LogP contribution < -0.4 is 20.1 Å². The van der Waals surface area contributed by atoms with E-state index in [2.05, 4.69) is 10.6 Å². The number of hydrogen-bond donors (Lipinski definition) is 2. The van der Waals surface area contributed by atoms with Crippen LogP contribution in [0.15, 0.2) is 42.5 Å². The molecule has 7 nitrogen and oxygen atoms in total. The van der Waals surface area contributed by atoms with Crippen molar-refractivity contribution in [3.05, 3.63) is 48.0 Å². The number of carbonyl (C=O) groups excluding carboxylic acids is 2. The normalized spacial score (nSPS) is 15.6. The molecule has 0 saturated carbocycles. The lowest BCUT2D eigenvalue weighted by atomic mass is 10.1. The fourth-order valence-electron chi connectivity index (χ4n) is 3.09. The van der Waals surface area contributed by atoms with E-state index in [9.17, 15) is 9.59 Å². The van der Waals surface area contributed by atoms with Crippen molar-refractivity contribution in [2.75, 3.05) is 30.5 Å². The Morgan fingerprint density at radius 1 is 1.00 bits per heavy atom. The molecule has 1 unspecified atom stereocenters. The summed E-state index contributed by atoms with van der Waals surface area (Å²) in [4.78, 5) is 25.1. The van der Waals surface area contributed by atoms with Crippen molar-refractivity contribution in [1.29, 1.82) is 0 Å². The highest BCUT2D eigenvalue weighted by atomic mass is 16.5. The van der Waals surface area contributed by atoms with Gasteiger partial charge in [0.15, 0.2) is 0 Å². The minimum atomic E-state index is -0.461. The van der Waals surface area contributed by atoms with Crippen LogP contribution in [0.5, 0.6) is 11.5 Å². The molecule has 1 atom stereocenters. The van der Waals surface area contributed by atoms with Gasteiger partial charge in [0.1, 0.15) is 17.6 Å². The van der Waals surface area contributed by atoms with Gasteiger partial charge in [-0.2, -0.15) is 0 Å². The molecule has 0 spiro atoms. The number of rotatable bonds is 8. The van der Waals surface area contributed by atoms with Crippen LogP contribution in [-0.4, -0.2) is 37.7 Å². The van der Waals surface area contributed by atoms with E-state index in [0.29, 0.717) is 54.7 Å². The van der Waals surface area contributed by atoms with Gasteiger partial charge >= 0.3 is 0 Å². The minimum Gasteiger partial charge on any atom is -0.492 e. The number of amides is 2. The van der Waals surface area contributed by atoms with Crippen LogP contribution in [0, 0.1) is 0 Å². The molecule has 1 fully saturated rings. The average molecular weight is 398 g/mol. The maximum absolute atomic E-state index is 12.6. The first kappa shape index (κ1) is 20.7. The van der Waals surface area contributed by atoms with Crippen LogP contribution in [0.3, 0.4) is 0 Å². The van der Waals surface area contributed by atoms with Crippen molar-refractivity contribution in [1.82, 2.24) is 0 Å². The molecule has 0 bridgehead atoms. The summed E-state index contributed by atoms with van der Waals surface area (Å²) in [7, 11) is 0. The van der Waals surface area contributed by atoms with Crippen molar-refractivity contribution >= 4 is 23.2 Å². The van der Waals surface area contributed by atoms with Gasteiger partial charge in [-0.1, -0.05) is 18.2 Å². The monoisotopic (exact) mass is 398 g/mol. The molecule has 2 aromatic rings. The summed E-state index contributed by atoms with van der Waals surface area (Å²) < 4.78 is 16.8. The standard InChI is InChI=1S/C22H26N2O5/c1-3-27-19-14-17(24-22(26)18-11-8-12-29-18)20(28-4-2)13-16(19)23-21(25)15-9-6-5-7-10-15/h5-7,9-10,13-14,18H,3-4,8,11-12H2,1-2H3,(H,23,25)(H,24,26). The zero-order valence-corrected chi connectivity index (χ0v) is 16.7. The van der Waals surface area contributed by atoms with E-state index in [0.717, 1.165) is 6.42 Å². The molecule has 154 valence electrons. The second-order valence-electron chi connectivity index (χ2n) is 6.52. The maximum atomic E-state index is 12.6. The van der Waals surface area contributed by atoms with Gasteiger partial charge < -0.3 is 24.8 Å². The second-order valence-corrected chi connectivity index (χ2v) is 6.52. The molecule has 7 heteroatoms. The summed E-state index contributed by atoms with van der Waals surface area (Å²) in [5, 5.41) is 5.73. The molecule has 29 heavy (non-hydrogen) atoms. The zero-order valence-electron chi connectivity index (χ0n) is 16.7. The van der Waals surface area contributed by atoms with Crippen LogP contribution in [-0.2, 0) is 9.53 Å². The highest BCUT2D eigenvalue weighted by Crippen LogP contribution is 2.37. The topological polar surface area (TPSA) is 85.9 Å². The molecule has 1 heterocycles. The van der Waals surface area contributed by atoms with Gasteiger partial charge in [0.25, 0.3) is 11.8 Å². The molecule has 2 N–H and O–H groups in total. The molecule has 1 aliphatic heterocycles. The Morgan fingerprint density at radius 3 is 2.17 bits per heavy atom. The van der Waals surface area contributed by atoms with Gasteiger partial charge in [0, 0.05) is 24.3 Å². The first-order chi connectivity index (χ1) is 14.1. The summed E-state index contributed by atoms with van der Waals surface area (Å²) in [6.45, 7) is 5.10. The molecule has 1 saturated heterocycles. The van der Waals surface area contributed by atoms with Gasteiger partial charge in [0.05, 0.1) is 24.6 Å². The predicted molar refractivity (Wildman–Crippen MR) is 111 cm³/mol. The smallest absolute Gasteiger partial charge is 0.255 e. The zero-order chi connectivity index (χ0) is 20.6. The van der Waals surface area contributed by atoms with E-state index >= 15 is 0 Å². The van der Waals surface area contributed by atoms with Gasteiger partial charge in [0.2, 0.25) is 0 Å². The van der Waals surface area contributed by atoms with Gasteiger partial charge in [-0.15, -0.1) is 0 Å². The van der Waals surface area contributed by atoms with Crippen LogP contribution >= 0.6 is 0 Å². The molecule has 2 aromatic carbocycles. The Bertz CT molecular complexity index is 848.